The Hall–Kier alpha value is -1.04. The van der Waals surface area contributed by atoms with Crippen molar-refractivity contribution in [3.05, 3.63) is 12.2 Å². The van der Waals surface area contributed by atoms with Gasteiger partial charge < -0.3 is 5.32 Å². The van der Waals surface area contributed by atoms with E-state index < -0.39 is 5.92 Å². The summed E-state index contributed by atoms with van der Waals surface area (Å²) in [7, 11) is 1.83. The van der Waals surface area contributed by atoms with Gasteiger partial charge in [-0.05, 0) is 26.3 Å². The predicted molar refractivity (Wildman–Crippen MR) is 64.5 cm³/mol. The summed E-state index contributed by atoms with van der Waals surface area (Å²) in [4.78, 5) is 4.21. The normalized spacial score (nSPS) is 24.3. The fourth-order valence-electron chi connectivity index (χ4n) is 2.74. The first-order valence-electron chi connectivity index (χ1n) is 6.47. The Morgan fingerprint density at radius 2 is 2.39 bits per heavy atom. The fraction of sp³-hybridized carbons (Fsp3) is 0.833. The number of alkyl halides is 2. The summed E-state index contributed by atoms with van der Waals surface area (Å²) in [5, 5.41) is 7.26. The monoisotopic (exact) mass is 258 g/mol. The number of nitrogens with zero attached hydrogens (tertiary/aromatic N) is 3. The second-order valence-corrected chi connectivity index (χ2v) is 4.95. The van der Waals surface area contributed by atoms with Crippen molar-refractivity contribution < 1.29 is 8.78 Å². The first-order valence-corrected chi connectivity index (χ1v) is 6.47. The maximum absolute atomic E-state index is 13.3. The Morgan fingerprint density at radius 1 is 1.61 bits per heavy atom. The number of hydrogen-bond donors (Lipinski definition) is 1. The highest BCUT2D eigenvalue weighted by molar-refractivity contribution is 4.95. The van der Waals surface area contributed by atoms with Gasteiger partial charge in [-0.3, -0.25) is 4.68 Å². The Kier molecular flexibility index (Phi) is 3.94. The van der Waals surface area contributed by atoms with E-state index >= 15 is 0 Å². The molecule has 1 aliphatic carbocycles. The van der Waals surface area contributed by atoms with Gasteiger partial charge in [0.15, 0.2) is 0 Å². The van der Waals surface area contributed by atoms with Gasteiger partial charge in [0, 0.05) is 31.8 Å². The van der Waals surface area contributed by atoms with Crippen molar-refractivity contribution in [2.45, 2.75) is 51.1 Å². The van der Waals surface area contributed by atoms with Gasteiger partial charge >= 0.3 is 0 Å². The van der Waals surface area contributed by atoms with Crippen LogP contribution in [0.1, 0.15) is 32.0 Å². The maximum Gasteiger partial charge on any atom is 0.248 e. The van der Waals surface area contributed by atoms with Gasteiger partial charge in [0.2, 0.25) is 5.92 Å². The quantitative estimate of drug-likeness (QED) is 0.876. The van der Waals surface area contributed by atoms with Crippen molar-refractivity contribution in [2.24, 2.45) is 5.92 Å². The highest BCUT2D eigenvalue weighted by atomic mass is 19.3. The minimum Gasteiger partial charge on any atom is -0.316 e. The molecule has 6 heteroatoms. The third kappa shape index (κ3) is 2.85. The number of aromatic nitrogens is 3. The zero-order valence-electron chi connectivity index (χ0n) is 10.9. The fourth-order valence-corrected chi connectivity index (χ4v) is 2.74. The summed E-state index contributed by atoms with van der Waals surface area (Å²) in [6.45, 7) is 2.75. The third-order valence-electron chi connectivity index (χ3n) is 3.78. The molecule has 0 radical (unpaired) electrons. The van der Waals surface area contributed by atoms with Crippen LogP contribution in [0.25, 0.3) is 0 Å². The first-order chi connectivity index (χ1) is 8.55. The molecule has 1 saturated carbocycles. The molecule has 0 aromatic carbocycles. The summed E-state index contributed by atoms with van der Waals surface area (Å²) in [5.41, 5.74) is 0. The van der Waals surface area contributed by atoms with Gasteiger partial charge in [0.1, 0.15) is 12.2 Å². The van der Waals surface area contributed by atoms with E-state index in [1.54, 1.807) is 0 Å². The molecule has 18 heavy (non-hydrogen) atoms. The van der Waals surface area contributed by atoms with E-state index in [1.807, 2.05) is 18.7 Å². The summed E-state index contributed by atoms with van der Waals surface area (Å²) in [6.07, 6.45) is 2.76. The van der Waals surface area contributed by atoms with Crippen LogP contribution in [-0.4, -0.2) is 33.8 Å². The van der Waals surface area contributed by atoms with Gasteiger partial charge in [0.25, 0.3) is 0 Å². The molecule has 0 bridgehead atoms. The summed E-state index contributed by atoms with van der Waals surface area (Å²) >= 11 is 0. The van der Waals surface area contributed by atoms with Crippen LogP contribution < -0.4 is 5.32 Å². The molecule has 1 N–H and O–H groups in total. The van der Waals surface area contributed by atoms with Crippen LogP contribution >= 0.6 is 0 Å². The van der Waals surface area contributed by atoms with E-state index in [1.165, 1.54) is 6.33 Å². The second kappa shape index (κ2) is 5.30. The molecule has 0 saturated heterocycles. The molecule has 4 nitrogen and oxygen atoms in total. The predicted octanol–water partition coefficient (Wildman–Crippen LogP) is 1.86. The van der Waals surface area contributed by atoms with Gasteiger partial charge in [-0.2, -0.15) is 5.10 Å². The molecule has 0 amide bonds. The van der Waals surface area contributed by atoms with Crippen LogP contribution in [-0.2, 0) is 13.0 Å². The Balaban J connectivity index is 2.02. The van der Waals surface area contributed by atoms with E-state index in [2.05, 4.69) is 15.4 Å². The van der Waals surface area contributed by atoms with E-state index in [4.69, 9.17) is 0 Å². The molecule has 102 valence electrons. The van der Waals surface area contributed by atoms with Gasteiger partial charge in [-0.1, -0.05) is 0 Å². The molecule has 1 aromatic rings. The molecule has 2 unspecified atom stereocenters. The molecule has 2 atom stereocenters. The molecular formula is C12H20F2N4. The molecule has 0 aliphatic heterocycles. The average molecular weight is 258 g/mol. The van der Waals surface area contributed by atoms with E-state index in [0.29, 0.717) is 12.8 Å². The van der Waals surface area contributed by atoms with Crippen LogP contribution in [0.15, 0.2) is 6.33 Å². The minimum absolute atomic E-state index is 0.0102. The van der Waals surface area contributed by atoms with Crippen LogP contribution in [0.5, 0.6) is 0 Å². The molecule has 1 aliphatic rings. The zero-order valence-corrected chi connectivity index (χ0v) is 10.9. The summed E-state index contributed by atoms with van der Waals surface area (Å²) in [6, 6.07) is 0.0490. The lowest BCUT2D eigenvalue weighted by molar-refractivity contribution is 0.00338. The highest BCUT2D eigenvalue weighted by Gasteiger charge is 2.42. The molecule has 2 rings (SSSR count). The molecule has 1 fully saturated rings. The number of hydrogen-bond acceptors (Lipinski definition) is 3. The van der Waals surface area contributed by atoms with Gasteiger partial charge in [0.05, 0.1) is 0 Å². The van der Waals surface area contributed by atoms with Gasteiger partial charge in [-0.15, -0.1) is 0 Å². The van der Waals surface area contributed by atoms with Crippen LogP contribution in [0.3, 0.4) is 0 Å². The van der Waals surface area contributed by atoms with E-state index in [9.17, 15) is 8.78 Å². The average Bonchev–Trinajstić information content (AvgIpc) is 2.91. The van der Waals surface area contributed by atoms with Crippen LogP contribution in [0, 0.1) is 5.92 Å². The smallest absolute Gasteiger partial charge is 0.248 e. The number of nitrogens with one attached hydrogen (secondary N) is 1. The van der Waals surface area contributed by atoms with E-state index in [-0.39, 0.29) is 24.8 Å². The van der Waals surface area contributed by atoms with Crippen LogP contribution in [0.4, 0.5) is 8.78 Å². The zero-order chi connectivity index (χ0) is 13.2. The van der Waals surface area contributed by atoms with E-state index in [0.717, 1.165) is 12.4 Å². The van der Waals surface area contributed by atoms with Crippen molar-refractivity contribution in [1.82, 2.24) is 20.1 Å². The van der Waals surface area contributed by atoms with Crippen molar-refractivity contribution in [2.75, 3.05) is 7.05 Å². The third-order valence-corrected chi connectivity index (χ3v) is 3.78. The molecule has 1 heterocycles. The number of likely N-dealkylation sites (N-methyl/N-ethyl adjacent to an activating group) is 1. The second-order valence-electron chi connectivity index (χ2n) is 4.95. The highest BCUT2D eigenvalue weighted by Crippen LogP contribution is 2.40. The Labute approximate surface area is 106 Å². The lowest BCUT2D eigenvalue weighted by Gasteiger charge is -2.22. The number of aryl methyl sites for hydroxylation is 1. The molecular weight excluding hydrogens is 238 g/mol. The lowest BCUT2D eigenvalue weighted by atomic mass is 9.95. The SMILES string of the molecule is CCn1ncnc1CC(NC)C1CCC(F)(F)C1. The summed E-state index contributed by atoms with van der Waals surface area (Å²) < 4.78 is 28.3. The molecule has 0 spiro atoms. The van der Waals surface area contributed by atoms with Crippen molar-refractivity contribution >= 4 is 0 Å². The lowest BCUT2D eigenvalue weighted by Crippen LogP contribution is -2.36. The minimum atomic E-state index is -2.49. The Morgan fingerprint density at radius 3 is 2.94 bits per heavy atom. The standard InChI is InChI=1S/C12H20F2N4/c1-3-18-11(16-8-17-18)6-10(15-2)9-4-5-12(13,14)7-9/h8-10,15H,3-7H2,1-2H3. The van der Waals surface area contributed by atoms with Crippen molar-refractivity contribution in [3.63, 3.8) is 0 Å². The van der Waals surface area contributed by atoms with Crippen LogP contribution in [0.2, 0.25) is 0 Å². The molecule has 1 aromatic heterocycles. The van der Waals surface area contributed by atoms with Crippen molar-refractivity contribution in [3.8, 4) is 0 Å². The Bertz CT molecular complexity index is 391. The number of halogens is 2. The number of rotatable bonds is 5. The topological polar surface area (TPSA) is 42.7 Å². The van der Waals surface area contributed by atoms with Crippen molar-refractivity contribution in [1.29, 1.82) is 0 Å². The van der Waals surface area contributed by atoms with Gasteiger partial charge in [-0.25, -0.2) is 13.8 Å². The summed E-state index contributed by atoms with van der Waals surface area (Å²) in [5.74, 6) is -1.60. The largest absolute Gasteiger partial charge is 0.316 e. The first kappa shape index (κ1) is 13.4. The maximum atomic E-state index is 13.3.